The summed E-state index contributed by atoms with van der Waals surface area (Å²) in [6.07, 6.45) is 5.79. The molecule has 0 aliphatic carbocycles. The zero-order chi connectivity index (χ0) is 9.52. The zero-order valence-electron chi connectivity index (χ0n) is 7.31. The molecule has 1 aromatic heterocycles. The molecule has 0 aliphatic heterocycles. The summed E-state index contributed by atoms with van der Waals surface area (Å²) >= 11 is 3.97. The van der Waals surface area contributed by atoms with Crippen LogP contribution in [0.15, 0.2) is 18.7 Å². The van der Waals surface area contributed by atoms with Crippen molar-refractivity contribution in [2.24, 2.45) is 0 Å². The molecule has 0 saturated heterocycles. The molecule has 1 heterocycles. The third-order valence-electron chi connectivity index (χ3n) is 1.59. The minimum atomic E-state index is 0.0510. The Bertz CT molecular complexity index is 248. The topological polar surface area (TPSA) is 46.9 Å². The van der Waals surface area contributed by atoms with E-state index in [-0.39, 0.29) is 5.91 Å². The van der Waals surface area contributed by atoms with E-state index in [2.05, 4.69) is 22.9 Å². The molecule has 0 spiro atoms. The van der Waals surface area contributed by atoms with Crippen LogP contribution in [0.25, 0.3) is 0 Å². The van der Waals surface area contributed by atoms with Crippen LogP contribution < -0.4 is 5.32 Å². The first-order valence-corrected chi connectivity index (χ1v) is 4.79. The van der Waals surface area contributed by atoms with Crippen molar-refractivity contribution in [3.63, 3.8) is 0 Å². The maximum absolute atomic E-state index is 11.0. The Labute approximate surface area is 82.8 Å². The van der Waals surface area contributed by atoms with Gasteiger partial charge in [0.25, 0.3) is 0 Å². The number of amides is 1. The van der Waals surface area contributed by atoms with Crippen LogP contribution in [0.2, 0.25) is 0 Å². The van der Waals surface area contributed by atoms with E-state index in [4.69, 9.17) is 0 Å². The molecular weight excluding hydrogens is 186 g/mol. The quantitative estimate of drug-likeness (QED) is 0.671. The summed E-state index contributed by atoms with van der Waals surface area (Å²) in [5.41, 5.74) is 0. The van der Waals surface area contributed by atoms with Crippen molar-refractivity contribution in [1.82, 2.24) is 14.9 Å². The number of nitrogens with zero attached hydrogens (tertiary/aromatic N) is 2. The van der Waals surface area contributed by atoms with E-state index in [9.17, 15) is 4.79 Å². The van der Waals surface area contributed by atoms with Crippen LogP contribution in [0, 0.1) is 0 Å². The Morgan fingerprint density at radius 3 is 3.08 bits per heavy atom. The number of carbonyl (C=O) groups is 1. The number of carbonyl (C=O) groups excluding carboxylic acids is 1. The van der Waals surface area contributed by atoms with Crippen molar-refractivity contribution >= 4 is 18.5 Å². The lowest BCUT2D eigenvalue weighted by Crippen LogP contribution is -2.26. The fraction of sp³-hybridized carbons (Fsp3) is 0.500. The monoisotopic (exact) mass is 199 g/mol. The molecule has 1 aromatic rings. The van der Waals surface area contributed by atoms with Crippen LogP contribution >= 0.6 is 12.6 Å². The van der Waals surface area contributed by atoms with Crippen molar-refractivity contribution in [3.8, 4) is 0 Å². The lowest BCUT2D eigenvalue weighted by atomic mass is 10.4. The third-order valence-corrected chi connectivity index (χ3v) is 1.81. The van der Waals surface area contributed by atoms with Gasteiger partial charge in [-0.1, -0.05) is 0 Å². The van der Waals surface area contributed by atoms with Crippen LogP contribution in [0.1, 0.15) is 6.42 Å². The van der Waals surface area contributed by atoms with Gasteiger partial charge < -0.3 is 9.88 Å². The van der Waals surface area contributed by atoms with Gasteiger partial charge in [-0.15, -0.1) is 0 Å². The largest absolute Gasteiger partial charge is 0.354 e. The van der Waals surface area contributed by atoms with Gasteiger partial charge in [0.05, 0.1) is 6.33 Å². The van der Waals surface area contributed by atoms with Crippen LogP contribution in [0.5, 0.6) is 0 Å². The van der Waals surface area contributed by atoms with Crippen molar-refractivity contribution in [3.05, 3.63) is 18.7 Å². The van der Waals surface area contributed by atoms with Crippen molar-refractivity contribution in [1.29, 1.82) is 0 Å². The SMILES string of the molecule is O=C(CCS)NCCn1ccnc1. The number of hydrogen-bond donors (Lipinski definition) is 2. The minimum absolute atomic E-state index is 0.0510. The van der Waals surface area contributed by atoms with E-state index in [1.165, 1.54) is 0 Å². The van der Waals surface area contributed by atoms with Gasteiger partial charge in [0.1, 0.15) is 0 Å². The Morgan fingerprint density at radius 1 is 1.62 bits per heavy atom. The lowest BCUT2D eigenvalue weighted by Gasteiger charge is -2.04. The Kier molecular flexibility index (Phi) is 4.39. The van der Waals surface area contributed by atoms with Crippen molar-refractivity contribution in [2.45, 2.75) is 13.0 Å². The summed E-state index contributed by atoms with van der Waals surface area (Å²) in [4.78, 5) is 14.9. The predicted molar refractivity (Wildman–Crippen MR) is 53.7 cm³/mol. The van der Waals surface area contributed by atoms with Gasteiger partial charge in [-0.2, -0.15) is 12.6 Å². The molecule has 0 unspecified atom stereocenters. The van der Waals surface area contributed by atoms with E-state index < -0.39 is 0 Å². The fourth-order valence-electron chi connectivity index (χ4n) is 0.933. The van der Waals surface area contributed by atoms with E-state index in [1.807, 2.05) is 10.8 Å². The normalized spacial score (nSPS) is 9.92. The molecule has 0 aromatic carbocycles. The molecule has 0 bridgehead atoms. The molecule has 5 heteroatoms. The molecule has 72 valence electrons. The molecule has 0 fully saturated rings. The fourth-order valence-corrected chi connectivity index (χ4v) is 1.14. The third kappa shape index (κ3) is 3.98. The lowest BCUT2D eigenvalue weighted by molar-refractivity contribution is -0.120. The molecule has 0 atom stereocenters. The van der Waals surface area contributed by atoms with Crippen LogP contribution in [0.3, 0.4) is 0 Å². The number of hydrogen-bond acceptors (Lipinski definition) is 3. The van der Waals surface area contributed by atoms with Crippen LogP contribution in [-0.2, 0) is 11.3 Å². The van der Waals surface area contributed by atoms with Crippen molar-refractivity contribution in [2.75, 3.05) is 12.3 Å². The van der Waals surface area contributed by atoms with Gasteiger partial charge >= 0.3 is 0 Å². The highest BCUT2D eigenvalue weighted by molar-refractivity contribution is 7.80. The van der Waals surface area contributed by atoms with Gasteiger partial charge in [0.2, 0.25) is 5.91 Å². The number of nitrogens with one attached hydrogen (secondary N) is 1. The first-order chi connectivity index (χ1) is 6.33. The molecular formula is C8H13N3OS. The van der Waals surface area contributed by atoms with Crippen LogP contribution in [0.4, 0.5) is 0 Å². The first kappa shape index (κ1) is 10.1. The smallest absolute Gasteiger partial charge is 0.220 e. The Balaban J connectivity index is 2.11. The number of thiol groups is 1. The predicted octanol–water partition coefficient (Wildman–Crippen LogP) is 0.319. The first-order valence-electron chi connectivity index (χ1n) is 4.16. The summed E-state index contributed by atoms with van der Waals surface area (Å²) in [5, 5.41) is 2.79. The van der Waals surface area contributed by atoms with Gasteiger partial charge in [-0.05, 0) is 5.75 Å². The zero-order valence-corrected chi connectivity index (χ0v) is 8.20. The van der Waals surface area contributed by atoms with Gasteiger partial charge in [0.15, 0.2) is 0 Å². The molecule has 0 aliphatic rings. The second kappa shape index (κ2) is 5.64. The van der Waals surface area contributed by atoms with Crippen LogP contribution in [-0.4, -0.2) is 27.8 Å². The highest BCUT2D eigenvalue weighted by Gasteiger charge is 1.97. The van der Waals surface area contributed by atoms with E-state index >= 15 is 0 Å². The molecule has 1 N–H and O–H groups in total. The van der Waals surface area contributed by atoms with E-state index in [1.54, 1.807) is 12.5 Å². The highest BCUT2D eigenvalue weighted by atomic mass is 32.1. The molecule has 0 saturated carbocycles. The standard InChI is InChI=1S/C8H13N3OS/c12-8(1-6-13)10-3-5-11-4-2-9-7-11/h2,4,7,13H,1,3,5-6H2,(H,10,12). The minimum Gasteiger partial charge on any atom is -0.354 e. The van der Waals surface area contributed by atoms with E-state index in [0.717, 1.165) is 6.54 Å². The molecule has 1 amide bonds. The molecule has 13 heavy (non-hydrogen) atoms. The highest BCUT2D eigenvalue weighted by Crippen LogP contribution is 1.86. The van der Waals surface area contributed by atoms with Crippen molar-refractivity contribution < 1.29 is 4.79 Å². The summed E-state index contributed by atoms with van der Waals surface area (Å²) in [6.45, 7) is 1.40. The summed E-state index contributed by atoms with van der Waals surface area (Å²) in [6, 6.07) is 0. The number of imidazole rings is 1. The summed E-state index contributed by atoms with van der Waals surface area (Å²) in [7, 11) is 0. The number of aromatic nitrogens is 2. The van der Waals surface area contributed by atoms with Gasteiger partial charge in [-0.3, -0.25) is 4.79 Å². The Hall–Kier alpha value is -0.970. The average molecular weight is 199 g/mol. The second-order valence-corrected chi connectivity index (χ2v) is 3.07. The van der Waals surface area contributed by atoms with Gasteiger partial charge in [-0.25, -0.2) is 4.98 Å². The molecule has 0 radical (unpaired) electrons. The molecule has 4 nitrogen and oxygen atoms in total. The van der Waals surface area contributed by atoms with Gasteiger partial charge in [0, 0.05) is 31.9 Å². The average Bonchev–Trinajstić information content (AvgIpc) is 2.57. The maximum Gasteiger partial charge on any atom is 0.220 e. The maximum atomic E-state index is 11.0. The summed E-state index contributed by atoms with van der Waals surface area (Å²) in [5.74, 6) is 0.645. The summed E-state index contributed by atoms with van der Waals surface area (Å²) < 4.78 is 1.92. The Morgan fingerprint density at radius 2 is 2.46 bits per heavy atom. The number of rotatable bonds is 5. The second-order valence-electron chi connectivity index (χ2n) is 2.62. The molecule has 1 rings (SSSR count). The van der Waals surface area contributed by atoms with E-state index in [0.29, 0.717) is 18.7 Å².